The highest BCUT2D eigenvalue weighted by molar-refractivity contribution is 7.39. The molecule has 1 aromatic rings. The van der Waals surface area contributed by atoms with E-state index in [1.807, 2.05) is 31.2 Å². The van der Waals surface area contributed by atoms with E-state index in [4.69, 9.17) is 10.3 Å². The van der Waals surface area contributed by atoms with Crippen molar-refractivity contribution >= 4 is 13.7 Å². The molecular formula is C11H17NO2P+. The molecule has 0 saturated heterocycles. The minimum absolute atomic E-state index is 0.525. The van der Waals surface area contributed by atoms with E-state index in [0.717, 1.165) is 18.5 Å². The van der Waals surface area contributed by atoms with E-state index < -0.39 is 8.03 Å². The maximum absolute atomic E-state index is 11.2. The SMILES string of the molecule is CCO[P+](=O)CCCc1ccc(N)cc1. The van der Waals surface area contributed by atoms with Gasteiger partial charge in [0.05, 0.1) is 6.61 Å². The predicted molar refractivity (Wildman–Crippen MR) is 63.3 cm³/mol. The van der Waals surface area contributed by atoms with Crippen LogP contribution in [0.3, 0.4) is 0 Å². The molecule has 0 amide bonds. The summed E-state index contributed by atoms with van der Waals surface area (Å²) in [6.45, 7) is 2.38. The van der Waals surface area contributed by atoms with E-state index in [-0.39, 0.29) is 0 Å². The second-order valence-corrected chi connectivity index (χ2v) is 4.69. The van der Waals surface area contributed by atoms with Crippen molar-refractivity contribution in [2.45, 2.75) is 19.8 Å². The van der Waals surface area contributed by atoms with Crippen LogP contribution in [0.5, 0.6) is 0 Å². The normalized spacial score (nSPS) is 11.4. The smallest absolute Gasteiger partial charge is 0.399 e. The first-order valence-corrected chi connectivity index (χ1v) is 6.50. The number of aryl methyl sites for hydroxylation is 1. The van der Waals surface area contributed by atoms with Crippen LogP contribution in [0, 0.1) is 0 Å². The Bertz CT molecular complexity index is 311. The van der Waals surface area contributed by atoms with Crippen LogP contribution in [-0.4, -0.2) is 12.8 Å². The van der Waals surface area contributed by atoms with E-state index in [9.17, 15) is 4.57 Å². The summed E-state index contributed by atoms with van der Waals surface area (Å²) < 4.78 is 16.2. The van der Waals surface area contributed by atoms with Gasteiger partial charge in [0.2, 0.25) is 0 Å². The molecule has 0 heterocycles. The summed E-state index contributed by atoms with van der Waals surface area (Å²) in [5.74, 6) is 0. The van der Waals surface area contributed by atoms with Gasteiger partial charge in [0, 0.05) is 5.69 Å². The Balaban J connectivity index is 2.26. The number of hydrogen-bond donors (Lipinski definition) is 1. The van der Waals surface area contributed by atoms with Crippen molar-refractivity contribution in [3.8, 4) is 0 Å². The summed E-state index contributed by atoms with van der Waals surface area (Å²) in [7, 11) is -1.46. The van der Waals surface area contributed by atoms with Gasteiger partial charge in [-0.05, 0) is 42.0 Å². The van der Waals surface area contributed by atoms with Crippen molar-refractivity contribution in [2.24, 2.45) is 0 Å². The summed E-state index contributed by atoms with van der Waals surface area (Å²) in [4.78, 5) is 0. The van der Waals surface area contributed by atoms with Crippen molar-refractivity contribution in [1.82, 2.24) is 0 Å². The number of anilines is 1. The van der Waals surface area contributed by atoms with Crippen molar-refractivity contribution in [3.05, 3.63) is 29.8 Å². The van der Waals surface area contributed by atoms with Crippen molar-refractivity contribution in [1.29, 1.82) is 0 Å². The van der Waals surface area contributed by atoms with Gasteiger partial charge in [0.15, 0.2) is 6.16 Å². The van der Waals surface area contributed by atoms with Crippen molar-refractivity contribution in [2.75, 3.05) is 18.5 Å². The number of benzene rings is 1. The zero-order valence-electron chi connectivity index (χ0n) is 8.98. The Labute approximate surface area is 91.5 Å². The van der Waals surface area contributed by atoms with Crippen LogP contribution in [0.25, 0.3) is 0 Å². The number of nitrogens with two attached hydrogens (primary N) is 1. The van der Waals surface area contributed by atoms with Crippen LogP contribution in [0.2, 0.25) is 0 Å². The molecule has 1 rings (SSSR count). The summed E-state index contributed by atoms with van der Waals surface area (Å²) in [5, 5.41) is 0. The third-order valence-corrected chi connectivity index (χ3v) is 3.29. The van der Waals surface area contributed by atoms with Crippen LogP contribution in [0.4, 0.5) is 5.69 Å². The highest BCUT2D eigenvalue weighted by Crippen LogP contribution is 2.23. The van der Waals surface area contributed by atoms with Crippen LogP contribution in [0.15, 0.2) is 24.3 Å². The zero-order valence-corrected chi connectivity index (χ0v) is 9.87. The quantitative estimate of drug-likeness (QED) is 0.599. The lowest BCUT2D eigenvalue weighted by Crippen LogP contribution is -1.90. The van der Waals surface area contributed by atoms with Gasteiger partial charge in [-0.1, -0.05) is 12.1 Å². The molecule has 2 N–H and O–H groups in total. The first-order valence-electron chi connectivity index (χ1n) is 5.14. The molecule has 0 aliphatic carbocycles. The first-order chi connectivity index (χ1) is 7.22. The Morgan fingerprint density at radius 3 is 2.60 bits per heavy atom. The Kier molecular flexibility index (Phi) is 5.30. The first kappa shape index (κ1) is 12.2. The Morgan fingerprint density at radius 1 is 1.33 bits per heavy atom. The molecule has 0 radical (unpaired) electrons. The molecule has 0 fully saturated rings. The largest absolute Gasteiger partial charge is 0.508 e. The second-order valence-electron chi connectivity index (χ2n) is 3.32. The minimum Gasteiger partial charge on any atom is -0.399 e. The molecule has 82 valence electrons. The molecule has 3 nitrogen and oxygen atoms in total. The van der Waals surface area contributed by atoms with Gasteiger partial charge in [-0.25, -0.2) is 0 Å². The molecule has 0 spiro atoms. The topological polar surface area (TPSA) is 52.3 Å². The average molecular weight is 226 g/mol. The Morgan fingerprint density at radius 2 is 2.00 bits per heavy atom. The van der Waals surface area contributed by atoms with E-state index in [0.29, 0.717) is 12.8 Å². The fourth-order valence-electron chi connectivity index (χ4n) is 1.31. The number of rotatable bonds is 6. The van der Waals surface area contributed by atoms with Gasteiger partial charge in [0.1, 0.15) is 0 Å². The van der Waals surface area contributed by atoms with Gasteiger partial charge < -0.3 is 5.73 Å². The van der Waals surface area contributed by atoms with E-state index in [1.54, 1.807) is 0 Å². The molecule has 0 aromatic heterocycles. The Hall–Kier alpha value is -0.920. The summed E-state index contributed by atoms with van der Waals surface area (Å²) in [6, 6.07) is 7.78. The molecule has 4 heteroatoms. The van der Waals surface area contributed by atoms with Crippen molar-refractivity contribution in [3.63, 3.8) is 0 Å². The second kappa shape index (κ2) is 6.54. The monoisotopic (exact) mass is 226 g/mol. The molecule has 1 unspecified atom stereocenters. The van der Waals surface area contributed by atoms with Crippen LogP contribution >= 0.6 is 8.03 Å². The molecule has 1 atom stereocenters. The lowest BCUT2D eigenvalue weighted by Gasteiger charge is -1.98. The summed E-state index contributed by atoms with van der Waals surface area (Å²) >= 11 is 0. The minimum atomic E-state index is -1.46. The number of hydrogen-bond acceptors (Lipinski definition) is 3. The molecule has 0 bridgehead atoms. The number of nitrogen functional groups attached to an aromatic ring is 1. The predicted octanol–water partition coefficient (Wildman–Crippen LogP) is 2.98. The maximum atomic E-state index is 11.2. The van der Waals surface area contributed by atoms with E-state index >= 15 is 0 Å². The van der Waals surface area contributed by atoms with Gasteiger partial charge in [0.25, 0.3) is 0 Å². The molecular weight excluding hydrogens is 209 g/mol. The van der Waals surface area contributed by atoms with Crippen LogP contribution in [-0.2, 0) is 15.5 Å². The maximum Gasteiger partial charge on any atom is 0.508 e. The van der Waals surface area contributed by atoms with Crippen LogP contribution in [0.1, 0.15) is 18.9 Å². The van der Waals surface area contributed by atoms with E-state index in [2.05, 4.69) is 0 Å². The van der Waals surface area contributed by atoms with Gasteiger partial charge in [-0.2, -0.15) is 0 Å². The lowest BCUT2D eigenvalue weighted by molar-refractivity contribution is 0.350. The fourth-order valence-corrected chi connectivity index (χ4v) is 2.14. The lowest BCUT2D eigenvalue weighted by atomic mass is 10.1. The third-order valence-electron chi connectivity index (χ3n) is 2.06. The third kappa shape index (κ3) is 4.91. The fraction of sp³-hybridized carbons (Fsp3) is 0.455. The molecule has 0 aliphatic heterocycles. The van der Waals surface area contributed by atoms with E-state index in [1.165, 1.54) is 5.56 Å². The van der Waals surface area contributed by atoms with Gasteiger partial charge in [-0.3, -0.25) is 0 Å². The molecule has 0 saturated carbocycles. The van der Waals surface area contributed by atoms with Gasteiger partial charge in [-0.15, -0.1) is 4.52 Å². The standard InChI is InChI=1S/C11H17NO2P/c1-2-14-15(13)9-3-4-10-5-7-11(12)8-6-10/h5-8H,2-4,9,12H2,1H3/q+1. The van der Waals surface area contributed by atoms with Crippen molar-refractivity contribution < 1.29 is 9.09 Å². The highest BCUT2D eigenvalue weighted by Gasteiger charge is 2.14. The molecule has 15 heavy (non-hydrogen) atoms. The average Bonchev–Trinajstić information content (AvgIpc) is 2.21. The van der Waals surface area contributed by atoms with Gasteiger partial charge >= 0.3 is 8.03 Å². The molecule has 0 aliphatic rings. The zero-order chi connectivity index (χ0) is 11.1. The van der Waals surface area contributed by atoms with Crippen LogP contribution < -0.4 is 5.73 Å². The summed E-state index contributed by atoms with van der Waals surface area (Å²) in [6.07, 6.45) is 2.45. The highest BCUT2D eigenvalue weighted by atomic mass is 31.1. The summed E-state index contributed by atoms with van der Waals surface area (Å²) in [5.41, 5.74) is 7.58. The molecule has 1 aromatic carbocycles.